The van der Waals surface area contributed by atoms with Crippen LogP contribution in [0.25, 0.3) is 26.4 Å². The van der Waals surface area contributed by atoms with E-state index in [0.29, 0.717) is 31.0 Å². The Balaban J connectivity index is 1.14. The van der Waals surface area contributed by atoms with Crippen molar-refractivity contribution >= 4 is 32.4 Å². The Labute approximate surface area is 227 Å². The summed E-state index contributed by atoms with van der Waals surface area (Å²) in [5, 5.41) is 6.66. The Kier molecular flexibility index (Phi) is 7.20. The molecule has 2 aromatic carbocycles. The van der Waals surface area contributed by atoms with Crippen molar-refractivity contribution < 1.29 is 9.18 Å². The topological polar surface area (TPSA) is 61.7 Å². The number of fused-ring (bicyclic) bond motifs is 3. The van der Waals surface area contributed by atoms with Gasteiger partial charge in [0, 0.05) is 43.0 Å². The third-order valence-electron chi connectivity index (χ3n) is 8.35. The number of rotatable bonds is 7. The maximum atomic E-state index is 13.3. The summed E-state index contributed by atoms with van der Waals surface area (Å²) in [6.07, 6.45) is 6.04. The lowest BCUT2D eigenvalue weighted by atomic mass is 9.92. The molecule has 200 valence electrons. The number of amides is 1. The second-order valence-electron chi connectivity index (χ2n) is 10.8. The van der Waals surface area contributed by atoms with E-state index in [2.05, 4.69) is 52.1 Å². The molecule has 8 heteroatoms. The van der Waals surface area contributed by atoms with Crippen molar-refractivity contribution in [1.29, 1.82) is 0 Å². The fourth-order valence-electron chi connectivity index (χ4n) is 5.95. The van der Waals surface area contributed by atoms with Gasteiger partial charge in [0.1, 0.15) is 6.17 Å². The summed E-state index contributed by atoms with van der Waals surface area (Å²) in [7, 11) is 0. The smallest absolute Gasteiger partial charge is 0.251 e. The van der Waals surface area contributed by atoms with Gasteiger partial charge in [-0.25, -0.2) is 9.37 Å². The summed E-state index contributed by atoms with van der Waals surface area (Å²) >= 11 is 1.61. The van der Waals surface area contributed by atoms with E-state index < -0.39 is 6.17 Å². The molecule has 2 fully saturated rings. The van der Waals surface area contributed by atoms with E-state index in [1.807, 2.05) is 18.2 Å². The SMILES string of the molecule is Cc1c(-c2cn3c(n2)sc2cc(C(=O)NCCCN4CCC(F)CC4)ccc23)ccc([C@@H]2CCCN2)c1C. The normalized spacial score (nSPS) is 19.1. The quantitative estimate of drug-likeness (QED) is 0.294. The van der Waals surface area contributed by atoms with E-state index in [1.165, 1.54) is 35.1 Å². The Hall–Kier alpha value is -2.81. The van der Waals surface area contributed by atoms with E-state index in [9.17, 15) is 9.18 Å². The lowest BCUT2D eigenvalue weighted by molar-refractivity contribution is 0.0950. The third kappa shape index (κ3) is 4.97. The average Bonchev–Trinajstić information content (AvgIpc) is 3.66. The number of hydrogen-bond acceptors (Lipinski definition) is 5. The van der Waals surface area contributed by atoms with Gasteiger partial charge in [-0.05, 0) is 93.9 Å². The number of hydrogen-bond donors (Lipinski definition) is 2. The molecule has 6 rings (SSSR count). The van der Waals surface area contributed by atoms with Gasteiger partial charge >= 0.3 is 0 Å². The van der Waals surface area contributed by atoms with Gasteiger partial charge in [-0.2, -0.15) is 0 Å². The highest BCUT2D eigenvalue weighted by molar-refractivity contribution is 7.23. The summed E-state index contributed by atoms with van der Waals surface area (Å²) in [5.41, 5.74) is 7.95. The zero-order valence-corrected chi connectivity index (χ0v) is 23.0. The average molecular weight is 534 g/mol. The van der Waals surface area contributed by atoms with Crippen LogP contribution in [0.4, 0.5) is 4.39 Å². The highest BCUT2D eigenvalue weighted by Gasteiger charge is 2.21. The van der Waals surface area contributed by atoms with Crippen LogP contribution in [0.3, 0.4) is 0 Å². The number of halogens is 1. The molecule has 4 aromatic rings. The molecule has 0 aliphatic carbocycles. The maximum absolute atomic E-state index is 13.3. The molecule has 0 bridgehead atoms. The molecule has 2 aromatic heterocycles. The minimum absolute atomic E-state index is 0.0518. The van der Waals surface area contributed by atoms with Crippen LogP contribution in [0.5, 0.6) is 0 Å². The number of alkyl halides is 1. The summed E-state index contributed by atoms with van der Waals surface area (Å²) in [4.78, 5) is 21.0. The van der Waals surface area contributed by atoms with Gasteiger partial charge < -0.3 is 15.5 Å². The maximum Gasteiger partial charge on any atom is 0.251 e. The van der Waals surface area contributed by atoms with Crippen LogP contribution in [0.2, 0.25) is 0 Å². The number of piperidine rings is 1. The first-order valence-corrected chi connectivity index (χ1v) is 14.7. The number of carbonyl (C=O) groups is 1. The second kappa shape index (κ2) is 10.8. The van der Waals surface area contributed by atoms with Gasteiger partial charge in [0.25, 0.3) is 5.91 Å². The van der Waals surface area contributed by atoms with Crippen LogP contribution in [0.1, 0.15) is 65.2 Å². The fraction of sp³-hybridized carbons (Fsp3) is 0.467. The standard InChI is InChI=1S/C30H36FN5OS/c1-19-20(2)24(8-7-23(19)25-5-3-12-32-25)26-18-36-27-9-6-21(17-28(27)38-30(36)34-26)29(37)33-13-4-14-35-15-10-22(31)11-16-35/h6-9,17-18,22,25,32H,3-5,10-16H2,1-2H3,(H,33,37)/t25-/m0/s1. The number of aromatic nitrogens is 2. The van der Waals surface area contributed by atoms with Crippen molar-refractivity contribution in [2.45, 2.75) is 58.2 Å². The number of nitrogens with zero attached hydrogens (tertiary/aromatic N) is 3. The minimum atomic E-state index is -0.647. The van der Waals surface area contributed by atoms with E-state index in [-0.39, 0.29) is 5.91 Å². The van der Waals surface area contributed by atoms with Crippen LogP contribution in [0.15, 0.2) is 36.5 Å². The van der Waals surface area contributed by atoms with Crippen molar-refractivity contribution in [3.05, 3.63) is 58.8 Å². The zero-order chi connectivity index (χ0) is 26.2. The third-order valence-corrected chi connectivity index (χ3v) is 9.37. The van der Waals surface area contributed by atoms with Crippen LogP contribution in [-0.2, 0) is 0 Å². The molecule has 38 heavy (non-hydrogen) atoms. The first kappa shape index (κ1) is 25.5. The molecule has 2 aliphatic rings. The van der Waals surface area contributed by atoms with Crippen LogP contribution >= 0.6 is 11.3 Å². The molecule has 4 heterocycles. The summed E-state index contributed by atoms with van der Waals surface area (Å²) in [5.74, 6) is -0.0518. The van der Waals surface area contributed by atoms with Crippen molar-refractivity contribution in [1.82, 2.24) is 24.9 Å². The van der Waals surface area contributed by atoms with Gasteiger partial charge in [-0.1, -0.05) is 23.5 Å². The second-order valence-corrected chi connectivity index (χ2v) is 11.8. The lowest BCUT2D eigenvalue weighted by Crippen LogP contribution is -2.36. The van der Waals surface area contributed by atoms with Crippen LogP contribution in [-0.4, -0.2) is 59.1 Å². The van der Waals surface area contributed by atoms with E-state index in [4.69, 9.17) is 4.98 Å². The number of thiazole rings is 1. The molecule has 0 saturated carbocycles. The van der Waals surface area contributed by atoms with Gasteiger partial charge in [0.15, 0.2) is 4.96 Å². The largest absolute Gasteiger partial charge is 0.352 e. The molecule has 6 nitrogen and oxygen atoms in total. The molecule has 1 atom stereocenters. The summed E-state index contributed by atoms with van der Waals surface area (Å²) in [6.45, 7) is 8.68. The summed E-state index contributed by atoms with van der Waals surface area (Å²) in [6, 6.07) is 10.8. The molecule has 2 aliphatic heterocycles. The van der Waals surface area contributed by atoms with E-state index >= 15 is 0 Å². The Morgan fingerprint density at radius 1 is 1.16 bits per heavy atom. The van der Waals surface area contributed by atoms with Crippen molar-refractivity contribution in [2.75, 3.05) is 32.7 Å². The minimum Gasteiger partial charge on any atom is -0.352 e. The highest BCUT2D eigenvalue weighted by Crippen LogP contribution is 2.35. The molecule has 0 radical (unpaired) electrons. The number of nitrogens with one attached hydrogen (secondary N) is 2. The summed E-state index contributed by atoms with van der Waals surface area (Å²) < 4.78 is 16.5. The van der Waals surface area contributed by atoms with Crippen LogP contribution < -0.4 is 10.6 Å². The molecular weight excluding hydrogens is 497 g/mol. The van der Waals surface area contributed by atoms with Gasteiger partial charge in [-0.3, -0.25) is 9.20 Å². The molecule has 0 spiro atoms. The van der Waals surface area contributed by atoms with Crippen molar-refractivity contribution in [3.63, 3.8) is 0 Å². The van der Waals surface area contributed by atoms with Crippen LogP contribution in [0, 0.1) is 13.8 Å². The molecular formula is C30H36FN5OS. The van der Waals surface area contributed by atoms with E-state index in [0.717, 1.165) is 53.5 Å². The first-order chi connectivity index (χ1) is 18.5. The number of imidazole rings is 1. The van der Waals surface area contributed by atoms with Crippen molar-refractivity contribution in [3.8, 4) is 11.3 Å². The van der Waals surface area contributed by atoms with Gasteiger partial charge in [0.2, 0.25) is 0 Å². The Morgan fingerprint density at radius 3 is 2.79 bits per heavy atom. The lowest BCUT2D eigenvalue weighted by Gasteiger charge is -2.28. The van der Waals surface area contributed by atoms with Gasteiger partial charge in [-0.15, -0.1) is 0 Å². The Morgan fingerprint density at radius 2 is 2.00 bits per heavy atom. The zero-order valence-electron chi connectivity index (χ0n) is 22.2. The predicted molar refractivity (Wildman–Crippen MR) is 153 cm³/mol. The highest BCUT2D eigenvalue weighted by atomic mass is 32.1. The number of likely N-dealkylation sites (tertiary alicyclic amines) is 1. The molecule has 2 saturated heterocycles. The number of benzene rings is 2. The molecule has 0 unspecified atom stereocenters. The van der Waals surface area contributed by atoms with Gasteiger partial charge in [0.05, 0.1) is 15.9 Å². The molecule has 1 amide bonds. The Bertz CT molecular complexity index is 1460. The van der Waals surface area contributed by atoms with E-state index in [1.54, 1.807) is 11.3 Å². The molecule has 2 N–H and O–H groups in total. The monoisotopic (exact) mass is 533 g/mol. The van der Waals surface area contributed by atoms with Crippen molar-refractivity contribution in [2.24, 2.45) is 0 Å². The predicted octanol–water partition coefficient (Wildman–Crippen LogP) is 5.81. The first-order valence-electron chi connectivity index (χ1n) is 13.9. The number of carbonyl (C=O) groups excluding carboxylic acids is 1. The fourth-order valence-corrected chi connectivity index (χ4v) is 7.00.